The smallest absolute Gasteiger partial charge is 0.223 e. The van der Waals surface area contributed by atoms with Gasteiger partial charge in [0, 0.05) is 36.7 Å². The maximum absolute atomic E-state index is 12.4. The molecule has 1 amide bonds. The zero-order chi connectivity index (χ0) is 14.6. The van der Waals surface area contributed by atoms with E-state index in [2.05, 4.69) is 21.9 Å². The van der Waals surface area contributed by atoms with Gasteiger partial charge < -0.3 is 4.90 Å². The van der Waals surface area contributed by atoms with Crippen LogP contribution in [-0.2, 0) is 11.2 Å². The first-order valence-electron chi connectivity index (χ1n) is 7.84. The van der Waals surface area contributed by atoms with Gasteiger partial charge in [0.2, 0.25) is 5.91 Å². The van der Waals surface area contributed by atoms with Gasteiger partial charge >= 0.3 is 0 Å². The molecule has 0 aromatic carbocycles. The molecule has 0 N–H and O–H groups in total. The number of aryl methyl sites for hydroxylation is 1. The van der Waals surface area contributed by atoms with Crippen molar-refractivity contribution in [3.63, 3.8) is 0 Å². The Hall–Kier alpha value is -1.91. The summed E-state index contributed by atoms with van der Waals surface area (Å²) < 4.78 is 1.98. The van der Waals surface area contributed by atoms with Crippen molar-refractivity contribution >= 4 is 11.6 Å². The zero-order valence-corrected chi connectivity index (χ0v) is 12.5. The Labute approximate surface area is 124 Å². The molecule has 2 aliphatic rings. The number of amides is 1. The molecule has 21 heavy (non-hydrogen) atoms. The largest absolute Gasteiger partial charge is 0.332 e. The van der Waals surface area contributed by atoms with Crippen molar-refractivity contribution in [2.45, 2.75) is 58.0 Å². The number of carbonyl (C=O) groups excluding carboxylic acids is 1. The highest BCUT2D eigenvalue weighted by atomic mass is 16.2. The summed E-state index contributed by atoms with van der Waals surface area (Å²) in [5.41, 5.74) is 4.36. The van der Waals surface area contributed by atoms with Gasteiger partial charge in [0.05, 0.1) is 17.4 Å². The third-order valence-corrected chi connectivity index (χ3v) is 4.78. The van der Waals surface area contributed by atoms with Crippen LogP contribution in [-0.4, -0.2) is 31.4 Å². The Balaban J connectivity index is 1.81. The molecule has 2 atom stereocenters. The van der Waals surface area contributed by atoms with Gasteiger partial charge in [0.15, 0.2) is 5.65 Å². The van der Waals surface area contributed by atoms with E-state index in [4.69, 9.17) is 0 Å². The number of rotatable bonds is 2. The number of aromatic nitrogens is 3. The molecule has 2 aromatic heterocycles. The molecule has 0 saturated carbocycles. The minimum Gasteiger partial charge on any atom is -0.332 e. The Bertz CT molecular complexity index is 720. The summed E-state index contributed by atoms with van der Waals surface area (Å²) in [4.78, 5) is 19.1. The third kappa shape index (κ3) is 1.79. The average Bonchev–Trinajstić information content (AvgIpc) is 2.98. The normalized spacial score (nSPS) is 23.6. The van der Waals surface area contributed by atoms with E-state index in [1.165, 1.54) is 11.3 Å². The molecule has 0 radical (unpaired) electrons. The third-order valence-electron chi connectivity index (χ3n) is 4.78. The minimum atomic E-state index is 0.208. The van der Waals surface area contributed by atoms with Crippen molar-refractivity contribution in [3.05, 3.63) is 29.2 Å². The quantitative estimate of drug-likeness (QED) is 0.851. The van der Waals surface area contributed by atoms with Crippen LogP contribution in [0.1, 0.15) is 55.6 Å². The fraction of sp³-hybridized carbons (Fsp3) is 0.562. The standard InChI is InChI=1S/C16H20N4O/c1-3-4-16(21)19-11-5-6-13(19)12-9-17-15-7-10(2)18-20(15)14(12)8-11/h7,9,11,13H,3-6,8H2,1-2H3/t11-,13+/m0/s1. The molecule has 1 saturated heterocycles. The molecule has 0 spiro atoms. The molecule has 110 valence electrons. The highest BCUT2D eigenvalue weighted by Gasteiger charge is 2.43. The monoisotopic (exact) mass is 284 g/mol. The Morgan fingerprint density at radius 1 is 1.43 bits per heavy atom. The fourth-order valence-electron chi connectivity index (χ4n) is 3.92. The van der Waals surface area contributed by atoms with Gasteiger partial charge in [-0.2, -0.15) is 5.10 Å². The van der Waals surface area contributed by atoms with Crippen LogP contribution in [0.4, 0.5) is 0 Å². The highest BCUT2D eigenvalue weighted by Crippen LogP contribution is 2.43. The van der Waals surface area contributed by atoms with Crippen molar-refractivity contribution in [2.75, 3.05) is 0 Å². The number of fused-ring (bicyclic) bond motifs is 6. The predicted molar refractivity (Wildman–Crippen MR) is 78.9 cm³/mol. The van der Waals surface area contributed by atoms with Gasteiger partial charge in [-0.25, -0.2) is 9.50 Å². The number of hydrogen-bond acceptors (Lipinski definition) is 3. The van der Waals surface area contributed by atoms with Gasteiger partial charge in [-0.1, -0.05) is 6.92 Å². The molecule has 2 aliphatic heterocycles. The molecule has 5 nitrogen and oxygen atoms in total. The van der Waals surface area contributed by atoms with E-state index in [1.807, 2.05) is 23.7 Å². The van der Waals surface area contributed by atoms with Gasteiger partial charge in [0.1, 0.15) is 0 Å². The van der Waals surface area contributed by atoms with Gasteiger partial charge in [0.25, 0.3) is 0 Å². The van der Waals surface area contributed by atoms with E-state index in [1.54, 1.807) is 0 Å². The van der Waals surface area contributed by atoms with Crippen molar-refractivity contribution in [1.29, 1.82) is 0 Å². The summed E-state index contributed by atoms with van der Waals surface area (Å²) in [6, 6.07) is 2.56. The number of nitrogens with zero attached hydrogens (tertiary/aromatic N) is 4. The molecule has 4 rings (SSSR count). The van der Waals surface area contributed by atoms with E-state index >= 15 is 0 Å². The maximum atomic E-state index is 12.4. The second-order valence-electron chi connectivity index (χ2n) is 6.22. The lowest BCUT2D eigenvalue weighted by Crippen LogP contribution is -2.42. The van der Waals surface area contributed by atoms with E-state index in [0.29, 0.717) is 18.4 Å². The summed E-state index contributed by atoms with van der Waals surface area (Å²) in [5, 5.41) is 4.58. The van der Waals surface area contributed by atoms with Gasteiger partial charge in [-0.15, -0.1) is 0 Å². The number of carbonyl (C=O) groups is 1. The Morgan fingerprint density at radius 3 is 3.10 bits per heavy atom. The molecule has 2 aromatic rings. The number of hydrogen-bond donors (Lipinski definition) is 0. The first-order valence-corrected chi connectivity index (χ1v) is 7.84. The topological polar surface area (TPSA) is 50.5 Å². The minimum absolute atomic E-state index is 0.208. The lowest BCUT2D eigenvalue weighted by molar-refractivity contribution is -0.134. The van der Waals surface area contributed by atoms with Crippen LogP contribution < -0.4 is 0 Å². The fourth-order valence-corrected chi connectivity index (χ4v) is 3.92. The van der Waals surface area contributed by atoms with E-state index in [-0.39, 0.29) is 6.04 Å². The van der Waals surface area contributed by atoms with E-state index < -0.39 is 0 Å². The molecular weight excluding hydrogens is 264 g/mol. The van der Waals surface area contributed by atoms with Crippen LogP contribution in [0, 0.1) is 6.92 Å². The van der Waals surface area contributed by atoms with Crippen LogP contribution in [0.15, 0.2) is 12.3 Å². The van der Waals surface area contributed by atoms with Gasteiger partial charge in [-0.05, 0) is 26.2 Å². The molecule has 1 fully saturated rings. The lowest BCUT2D eigenvalue weighted by Gasteiger charge is -2.36. The van der Waals surface area contributed by atoms with Crippen LogP contribution in [0.25, 0.3) is 5.65 Å². The first kappa shape index (κ1) is 12.8. The van der Waals surface area contributed by atoms with Crippen LogP contribution >= 0.6 is 0 Å². The van der Waals surface area contributed by atoms with E-state index in [9.17, 15) is 4.79 Å². The molecule has 0 aliphatic carbocycles. The van der Waals surface area contributed by atoms with Crippen molar-refractivity contribution in [1.82, 2.24) is 19.5 Å². The second-order valence-corrected chi connectivity index (χ2v) is 6.22. The molecule has 2 bridgehead atoms. The summed E-state index contributed by atoms with van der Waals surface area (Å²) >= 11 is 0. The predicted octanol–water partition coefficient (Wildman–Crippen LogP) is 2.43. The second kappa shape index (κ2) is 4.55. The summed E-state index contributed by atoms with van der Waals surface area (Å²) in [6.45, 7) is 4.06. The molecule has 0 unspecified atom stereocenters. The Kier molecular flexibility index (Phi) is 2.77. The SMILES string of the molecule is CCCC(=O)N1[C@H]2CC[C@@H]1c1cnc3cc(C)nn3c1C2. The molecule has 4 heterocycles. The average molecular weight is 284 g/mol. The maximum Gasteiger partial charge on any atom is 0.223 e. The Morgan fingerprint density at radius 2 is 2.29 bits per heavy atom. The molecular formula is C16H20N4O. The van der Waals surface area contributed by atoms with E-state index in [0.717, 1.165) is 37.0 Å². The van der Waals surface area contributed by atoms with Crippen LogP contribution in [0.5, 0.6) is 0 Å². The van der Waals surface area contributed by atoms with Gasteiger partial charge in [-0.3, -0.25) is 4.79 Å². The summed E-state index contributed by atoms with van der Waals surface area (Å²) in [7, 11) is 0. The first-order chi connectivity index (χ1) is 10.2. The zero-order valence-electron chi connectivity index (χ0n) is 12.5. The van der Waals surface area contributed by atoms with Crippen LogP contribution in [0.2, 0.25) is 0 Å². The highest BCUT2D eigenvalue weighted by molar-refractivity contribution is 5.78. The van der Waals surface area contributed by atoms with Crippen molar-refractivity contribution in [3.8, 4) is 0 Å². The summed E-state index contributed by atoms with van der Waals surface area (Å²) in [5.74, 6) is 0.299. The van der Waals surface area contributed by atoms with Crippen molar-refractivity contribution < 1.29 is 4.79 Å². The lowest BCUT2D eigenvalue weighted by atomic mass is 9.98. The molecule has 5 heteroatoms. The van der Waals surface area contributed by atoms with Crippen molar-refractivity contribution in [2.24, 2.45) is 0 Å². The summed E-state index contributed by atoms with van der Waals surface area (Å²) in [6.07, 6.45) is 6.58. The van der Waals surface area contributed by atoms with Crippen LogP contribution in [0.3, 0.4) is 0 Å².